The van der Waals surface area contributed by atoms with Gasteiger partial charge in [-0.3, -0.25) is 4.79 Å². The monoisotopic (exact) mass is 282 g/mol. The maximum Gasteiger partial charge on any atom is 0.356 e. The Morgan fingerprint density at radius 3 is 2.62 bits per heavy atom. The summed E-state index contributed by atoms with van der Waals surface area (Å²) < 4.78 is 0. The van der Waals surface area contributed by atoms with Crippen LogP contribution in [0.5, 0.6) is 0 Å². The van der Waals surface area contributed by atoms with Crippen LogP contribution in [-0.2, 0) is 4.79 Å². The molecule has 5 heteroatoms. The number of carboxylic acids is 1. The van der Waals surface area contributed by atoms with Crippen molar-refractivity contribution in [2.24, 2.45) is 5.92 Å². The normalized spacial score (nSPS) is 19.8. The Morgan fingerprint density at radius 1 is 1.14 bits per heavy atom. The summed E-state index contributed by atoms with van der Waals surface area (Å²) in [6, 6.07) is 13.0. The van der Waals surface area contributed by atoms with E-state index in [1.54, 1.807) is 12.1 Å². The minimum absolute atomic E-state index is 0.103. The van der Waals surface area contributed by atoms with Crippen LogP contribution in [0, 0.1) is 5.92 Å². The Balaban J connectivity index is 1.70. The highest BCUT2D eigenvalue weighted by Gasteiger charge is 2.44. The van der Waals surface area contributed by atoms with Gasteiger partial charge in [-0.25, -0.2) is 9.78 Å². The Bertz CT molecular complexity index is 685. The lowest BCUT2D eigenvalue weighted by Crippen LogP contribution is -2.17. The maximum atomic E-state index is 12.2. The van der Waals surface area contributed by atoms with Crippen molar-refractivity contribution < 1.29 is 14.7 Å². The first-order valence-corrected chi connectivity index (χ1v) is 6.71. The number of carboxylic acid groups (broad SMARTS) is 1. The highest BCUT2D eigenvalue weighted by molar-refractivity contribution is 6.01. The molecule has 5 nitrogen and oxygen atoms in total. The molecule has 1 aliphatic carbocycles. The van der Waals surface area contributed by atoms with Gasteiger partial charge >= 0.3 is 5.97 Å². The first kappa shape index (κ1) is 13.3. The van der Waals surface area contributed by atoms with E-state index >= 15 is 0 Å². The molecule has 0 bridgehead atoms. The van der Waals surface area contributed by atoms with Crippen molar-refractivity contribution in [3.05, 3.63) is 59.9 Å². The number of hydrogen-bond donors (Lipinski definition) is 2. The third-order valence-electron chi connectivity index (χ3n) is 3.62. The van der Waals surface area contributed by atoms with Crippen LogP contribution in [0.1, 0.15) is 28.4 Å². The molecule has 106 valence electrons. The average molecular weight is 282 g/mol. The number of pyridine rings is 1. The summed E-state index contributed by atoms with van der Waals surface area (Å²) >= 11 is 0. The van der Waals surface area contributed by atoms with Gasteiger partial charge in [0.05, 0.1) is 5.69 Å². The summed E-state index contributed by atoms with van der Waals surface area (Å²) in [5, 5.41) is 11.7. The number of aromatic carboxylic acids is 1. The molecule has 0 radical (unpaired) electrons. The van der Waals surface area contributed by atoms with Gasteiger partial charge in [0.1, 0.15) is 0 Å². The van der Waals surface area contributed by atoms with Crippen molar-refractivity contribution in [3.63, 3.8) is 0 Å². The van der Waals surface area contributed by atoms with Crippen LogP contribution in [-0.4, -0.2) is 22.0 Å². The van der Waals surface area contributed by atoms with Crippen molar-refractivity contribution in [2.45, 2.75) is 12.3 Å². The SMILES string of the molecule is O=C(O)c1ncccc1NC(=O)C1CC1c1ccccc1. The number of carbonyl (C=O) groups excluding carboxylic acids is 1. The van der Waals surface area contributed by atoms with Crippen LogP contribution in [0.2, 0.25) is 0 Å². The van der Waals surface area contributed by atoms with Crippen molar-refractivity contribution in [3.8, 4) is 0 Å². The second-order valence-electron chi connectivity index (χ2n) is 5.05. The fraction of sp³-hybridized carbons (Fsp3) is 0.188. The molecule has 2 atom stereocenters. The molecule has 3 rings (SSSR count). The third-order valence-corrected chi connectivity index (χ3v) is 3.62. The van der Waals surface area contributed by atoms with Crippen LogP contribution in [0.25, 0.3) is 0 Å². The lowest BCUT2D eigenvalue weighted by Gasteiger charge is -2.07. The van der Waals surface area contributed by atoms with Crippen LogP contribution in [0.15, 0.2) is 48.7 Å². The van der Waals surface area contributed by atoms with Gasteiger partial charge in [-0.2, -0.15) is 0 Å². The van der Waals surface area contributed by atoms with E-state index in [-0.39, 0.29) is 29.1 Å². The second kappa shape index (κ2) is 5.36. The molecule has 1 saturated carbocycles. The number of amides is 1. The third kappa shape index (κ3) is 2.76. The van der Waals surface area contributed by atoms with Crippen LogP contribution in [0.3, 0.4) is 0 Å². The van der Waals surface area contributed by atoms with Gasteiger partial charge in [0.25, 0.3) is 0 Å². The quantitative estimate of drug-likeness (QED) is 0.903. The fourth-order valence-electron chi connectivity index (χ4n) is 2.46. The number of benzene rings is 1. The van der Waals surface area contributed by atoms with E-state index in [4.69, 9.17) is 5.11 Å². The predicted octanol–water partition coefficient (Wildman–Crippen LogP) is 2.52. The van der Waals surface area contributed by atoms with E-state index in [2.05, 4.69) is 10.3 Å². The summed E-state index contributed by atoms with van der Waals surface area (Å²) in [4.78, 5) is 27.0. The zero-order valence-electron chi connectivity index (χ0n) is 11.2. The molecule has 0 spiro atoms. The molecule has 2 aromatic rings. The Kier molecular flexibility index (Phi) is 3.39. The zero-order chi connectivity index (χ0) is 14.8. The molecular formula is C16H14N2O3. The molecule has 1 aromatic heterocycles. The van der Waals surface area contributed by atoms with E-state index < -0.39 is 5.97 Å². The van der Waals surface area contributed by atoms with Gasteiger partial charge in [0, 0.05) is 12.1 Å². The Hall–Kier alpha value is -2.69. The lowest BCUT2D eigenvalue weighted by atomic mass is 10.1. The van der Waals surface area contributed by atoms with Crippen LogP contribution >= 0.6 is 0 Å². The van der Waals surface area contributed by atoms with E-state index in [1.165, 1.54) is 6.20 Å². The summed E-state index contributed by atoms with van der Waals surface area (Å²) in [7, 11) is 0. The smallest absolute Gasteiger partial charge is 0.356 e. The minimum atomic E-state index is -1.15. The van der Waals surface area contributed by atoms with Crippen molar-refractivity contribution in [1.82, 2.24) is 4.98 Å². The fourth-order valence-corrected chi connectivity index (χ4v) is 2.46. The van der Waals surface area contributed by atoms with Gasteiger partial charge in [0.2, 0.25) is 5.91 Å². The highest BCUT2D eigenvalue weighted by atomic mass is 16.4. The second-order valence-corrected chi connectivity index (χ2v) is 5.05. The van der Waals surface area contributed by atoms with Crippen LogP contribution in [0.4, 0.5) is 5.69 Å². The maximum absolute atomic E-state index is 12.2. The van der Waals surface area contributed by atoms with Gasteiger partial charge in [-0.15, -0.1) is 0 Å². The Labute approximate surface area is 121 Å². The topological polar surface area (TPSA) is 79.3 Å². The molecule has 2 N–H and O–H groups in total. The number of anilines is 1. The van der Waals surface area contributed by atoms with Crippen molar-refractivity contribution >= 4 is 17.6 Å². The lowest BCUT2D eigenvalue weighted by molar-refractivity contribution is -0.117. The molecule has 21 heavy (non-hydrogen) atoms. The van der Waals surface area contributed by atoms with Gasteiger partial charge in [-0.05, 0) is 30.0 Å². The summed E-state index contributed by atoms with van der Waals surface area (Å²) in [6.45, 7) is 0. The number of nitrogens with one attached hydrogen (secondary N) is 1. The largest absolute Gasteiger partial charge is 0.476 e. The number of carbonyl (C=O) groups is 2. The molecule has 1 heterocycles. The van der Waals surface area contributed by atoms with Gasteiger partial charge in [-0.1, -0.05) is 30.3 Å². The molecule has 1 aliphatic rings. The van der Waals surface area contributed by atoms with E-state index in [9.17, 15) is 9.59 Å². The average Bonchev–Trinajstić information content (AvgIpc) is 3.29. The number of nitrogens with zero attached hydrogens (tertiary/aromatic N) is 1. The molecule has 1 fully saturated rings. The standard InChI is InChI=1S/C16H14N2O3/c19-15(12-9-11(12)10-5-2-1-3-6-10)18-13-7-4-8-17-14(13)16(20)21/h1-8,11-12H,9H2,(H,18,19)(H,20,21). The number of aromatic nitrogens is 1. The molecule has 0 aliphatic heterocycles. The molecule has 1 aromatic carbocycles. The zero-order valence-corrected chi connectivity index (χ0v) is 11.2. The molecule has 2 unspecified atom stereocenters. The first-order valence-electron chi connectivity index (χ1n) is 6.71. The van der Waals surface area contributed by atoms with Crippen LogP contribution < -0.4 is 5.32 Å². The van der Waals surface area contributed by atoms with Gasteiger partial charge in [0.15, 0.2) is 5.69 Å². The molecule has 1 amide bonds. The summed E-state index contributed by atoms with van der Waals surface area (Å²) in [5.41, 5.74) is 1.25. The molecule has 0 saturated heterocycles. The van der Waals surface area contributed by atoms with Gasteiger partial charge < -0.3 is 10.4 Å². The predicted molar refractivity (Wildman–Crippen MR) is 77.1 cm³/mol. The minimum Gasteiger partial charge on any atom is -0.476 e. The first-order chi connectivity index (χ1) is 10.2. The molecular weight excluding hydrogens is 268 g/mol. The van der Waals surface area contributed by atoms with E-state index in [0.717, 1.165) is 12.0 Å². The summed E-state index contributed by atoms with van der Waals surface area (Å²) in [6.07, 6.45) is 2.18. The number of hydrogen-bond acceptors (Lipinski definition) is 3. The Morgan fingerprint density at radius 2 is 1.90 bits per heavy atom. The number of rotatable bonds is 4. The van der Waals surface area contributed by atoms with Crippen molar-refractivity contribution in [1.29, 1.82) is 0 Å². The summed E-state index contributed by atoms with van der Waals surface area (Å²) in [5.74, 6) is -1.19. The highest BCUT2D eigenvalue weighted by Crippen LogP contribution is 2.47. The van der Waals surface area contributed by atoms with Crippen molar-refractivity contribution in [2.75, 3.05) is 5.32 Å². The van der Waals surface area contributed by atoms with E-state index in [0.29, 0.717) is 0 Å². The van der Waals surface area contributed by atoms with E-state index in [1.807, 2.05) is 30.3 Å².